The van der Waals surface area contributed by atoms with E-state index in [4.69, 9.17) is 4.52 Å². The van der Waals surface area contributed by atoms with E-state index in [2.05, 4.69) is 32.9 Å². The molecule has 0 aliphatic heterocycles. The van der Waals surface area contributed by atoms with Crippen LogP contribution in [0.2, 0.25) is 0 Å². The highest BCUT2D eigenvalue weighted by Crippen LogP contribution is 2.14. The summed E-state index contributed by atoms with van der Waals surface area (Å²) >= 11 is 0. The van der Waals surface area contributed by atoms with Crippen LogP contribution < -0.4 is 10.6 Å². The minimum absolute atomic E-state index is 0.121. The summed E-state index contributed by atoms with van der Waals surface area (Å²) in [7, 11) is 0. The first-order valence-electron chi connectivity index (χ1n) is 8.19. The van der Waals surface area contributed by atoms with E-state index in [0.29, 0.717) is 29.5 Å². The molecular formula is C19H20N4O2. The van der Waals surface area contributed by atoms with E-state index in [-0.39, 0.29) is 5.91 Å². The van der Waals surface area contributed by atoms with Gasteiger partial charge in [0.15, 0.2) is 5.82 Å². The number of anilines is 2. The average molecular weight is 336 g/mol. The van der Waals surface area contributed by atoms with E-state index in [9.17, 15) is 4.79 Å². The predicted octanol–water partition coefficient (Wildman–Crippen LogP) is 3.48. The smallest absolute Gasteiger partial charge is 0.252 e. The molecule has 2 aromatic heterocycles. The number of carbonyl (C=O) groups excluding carboxylic acids is 1. The summed E-state index contributed by atoms with van der Waals surface area (Å²) < 4.78 is 4.98. The van der Waals surface area contributed by atoms with Gasteiger partial charge in [-0.1, -0.05) is 35.5 Å². The minimum atomic E-state index is -0.121. The Bertz CT molecular complexity index is 813. The van der Waals surface area contributed by atoms with Gasteiger partial charge in [0.05, 0.1) is 5.56 Å². The second-order valence-corrected chi connectivity index (χ2v) is 5.72. The molecule has 2 N–H and O–H groups in total. The Labute approximate surface area is 146 Å². The normalized spacial score (nSPS) is 10.4. The number of benzene rings is 1. The van der Waals surface area contributed by atoms with Crippen LogP contribution in [0.5, 0.6) is 0 Å². The van der Waals surface area contributed by atoms with E-state index >= 15 is 0 Å². The van der Waals surface area contributed by atoms with Crippen LogP contribution in [0, 0.1) is 6.92 Å². The summed E-state index contributed by atoms with van der Waals surface area (Å²) in [5.41, 5.74) is 1.80. The SMILES string of the molecule is Cc1cc(Nc2ccc(C(=O)NCCCc3ccccc3)cn2)no1. The monoisotopic (exact) mass is 336 g/mol. The zero-order valence-corrected chi connectivity index (χ0v) is 14.0. The second-order valence-electron chi connectivity index (χ2n) is 5.72. The zero-order chi connectivity index (χ0) is 17.5. The molecule has 0 saturated heterocycles. The van der Waals surface area contributed by atoms with Crippen molar-refractivity contribution in [1.82, 2.24) is 15.5 Å². The molecule has 0 spiro atoms. The number of nitrogens with one attached hydrogen (secondary N) is 2. The topological polar surface area (TPSA) is 80.0 Å². The van der Waals surface area contributed by atoms with Crippen molar-refractivity contribution >= 4 is 17.5 Å². The van der Waals surface area contributed by atoms with Crippen molar-refractivity contribution in [2.75, 3.05) is 11.9 Å². The van der Waals surface area contributed by atoms with Gasteiger partial charge in [-0.2, -0.15) is 0 Å². The third kappa shape index (κ3) is 4.91. The number of nitrogens with zero attached hydrogens (tertiary/aromatic N) is 2. The lowest BCUT2D eigenvalue weighted by Crippen LogP contribution is -2.24. The third-order valence-electron chi connectivity index (χ3n) is 3.68. The van der Waals surface area contributed by atoms with Gasteiger partial charge in [-0.25, -0.2) is 4.98 Å². The molecule has 25 heavy (non-hydrogen) atoms. The fraction of sp³-hybridized carbons (Fsp3) is 0.211. The molecule has 0 saturated carbocycles. The Morgan fingerprint density at radius 2 is 1.96 bits per heavy atom. The summed E-state index contributed by atoms with van der Waals surface area (Å²) in [5.74, 6) is 1.79. The summed E-state index contributed by atoms with van der Waals surface area (Å²) in [6.45, 7) is 2.45. The molecule has 1 aromatic carbocycles. The van der Waals surface area contributed by atoms with Gasteiger partial charge in [-0.05, 0) is 37.5 Å². The van der Waals surface area contributed by atoms with E-state index in [1.807, 2.05) is 25.1 Å². The van der Waals surface area contributed by atoms with Crippen LogP contribution in [0.1, 0.15) is 28.1 Å². The van der Waals surface area contributed by atoms with E-state index in [0.717, 1.165) is 12.8 Å². The lowest BCUT2D eigenvalue weighted by atomic mass is 10.1. The molecule has 0 fully saturated rings. The first kappa shape index (κ1) is 16.7. The highest BCUT2D eigenvalue weighted by atomic mass is 16.5. The molecule has 0 aliphatic carbocycles. The molecule has 0 aliphatic rings. The molecule has 0 bridgehead atoms. The summed E-state index contributed by atoms with van der Waals surface area (Å²) in [4.78, 5) is 16.4. The molecule has 0 unspecified atom stereocenters. The Kier molecular flexibility index (Phi) is 5.41. The lowest BCUT2D eigenvalue weighted by molar-refractivity contribution is 0.0953. The van der Waals surface area contributed by atoms with Gasteiger partial charge in [0.1, 0.15) is 11.6 Å². The lowest BCUT2D eigenvalue weighted by Gasteiger charge is -2.06. The van der Waals surface area contributed by atoms with Crippen molar-refractivity contribution in [1.29, 1.82) is 0 Å². The zero-order valence-electron chi connectivity index (χ0n) is 14.0. The molecule has 0 atom stereocenters. The molecule has 128 valence electrons. The van der Waals surface area contributed by atoms with Crippen LogP contribution in [0.4, 0.5) is 11.6 Å². The minimum Gasteiger partial charge on any atom is -0.360 e. The first-order chi connectivity index (χ1) is 12.2. The fourth-order valence-electron chi connectivity index (χ4n) is 2.40. The van der Waals surface area contributed by atoms with E-state index in [1.54, 1.807) is 24.4 Å². The van der Waals surface area contributed by atoms with E-state index < -0.39 is 0 Å². The van der Waals surface area contributed by atoms with Gasteiger partial charge in [0.25, 0.3) is 5.91 Å². The van der Waals surface area contributed by atoms with Crippen molar-refractivity contribution in [3.63, 3.8) is 0 Å². The maximum absolute atomic E-state index is 12.1. The van der Waals surface area contributed by atoms with Crippen LogP contribution in [0.25, 0.3) is 0 Å². The maximum Gasteiger partial charge on any atom is 0.252 e. The summed E-state index contributed by atoms with van der Waals surface area (Å²) in [6, 6.07) is 15.5. The largest absolute Gasteiger partial charge is 0.360 e. The number of rotatable bonds is 7. The van der Waals surface area contributed by atoms with Crippen LogP contribution in [0.3, 0.4) is 0 Å². The summed E-state index contributed by atoms with van der Waals surface area (Å²) in [5, 5.41) is 9.77. The van der Waals surface area contributed by atoms with E-state index in [1.165, 1.54) is 5.56 Å². The molecule has 3 aromatic rings. The van der Waals surface area contributed by atoms with Gasteiger partial charge < -0.3 is 15.2 Å². The number of hydrogen-bond donors (Lipinski definition) is 2. The van der Waals surface area contributed by atoms with Crippen LogP contribution >= 0.6 is 0 Å². The molecule has 0 radical (unpaired) electrons. The fourth-order valence-corrected chi connectivity index (χ4v) is 2.40. The van der Waals surface area contributed by atoms with Crippen molar-refractivity contribution in [3.8, 4) is 0 Å². The van der Waals surface area contributed by atoms with Gasteiger partial charge in [-0.15, -0.1) is 0 Å². The Balaban J connectivity index is 1.45. The highest BCUT2D eigenvalue weighted by molar-refractivity contribution is 5.94. The van der Waals surface area contributed by atoms with Gasteiger partial charge in [-0.3, -0.25) is 4.79 Å². The maximum atomic E-state index is 12.1. The number of pyridine rings is 1. The van der Waals surface area contributed by atoms with Gasteiger partial charge >= 0.3 is 0 Å². The third-order valence-corrected chi connectivity index (χ3v) is 3.68. The number of aryl methyl sites for hydroxylation is 2. The van der Waals surface area contributed by atoms with Crippen molar-refractivity contribution in [3.05, 3.63) is 71.6 Å². The Hall–Kier alpha value is -3.15. The molecular weight excluding hydrogens is 316 g/mol. The molecule has 2 heterocycles. The Morgan fingerprint density at radius 3 is 2.64 bits per heavy atom. The molecule has 1 amide bonds. The quantitative estimate of drug-likeness (QED) is 0.646. The number of aromatic nitrogens is 2. The number of carbonyl (C=O) groups is 1. The molecule has 3 rings (SSSR count). The van der Waals surface area contributed by atoms with Crippen molar-refractivity contribution < 1.29 is 9.32 Å². The predicted molar refractivity (Wildman–Crippen MR) is 95.9 cm³/mol. The molecule has 6 heteroatoms. The highest BCUT2D eigenvalue weighted by Gasteiger charge is 2.07. The van der Waals surface area contributed by atoms with Gasteiger partial charge in [0, 0.05) is 18.8 Å². The van der Waals surface area contributed by atoms with Crippen molar-refractivity contribution in [2.24, 2.45) is 0 Å². The number of hydrogen-bond acceptors (Lipinski definition) is 5. The Morgan fingerprint density at radius 1 is 1.12 bits per heavy atom. The number of amides is 1. The first-order valence-corrected chi connectivity index (χ1v) is 8.19. The van der Waals surface area contributed by atoms with Crippen LogP contribution in [0.15, 0.2) is 59.3 Å². The van der Waals surface area contributed by atoms with Gasteiger partial charge in [0.2, 0.25) is 0 Å². The standard InChI is InChI=1S/C19H20N4O2/c1-14-12-18(23-25-14)22-17-10-9-16(13-21-17)19(24)20-11-5-8-15-6-3-2-4-7-15/h2-4,6-7,9-10,12-13H,5,8,11H2,1H3,(H,20,24)(H,21,22,23). The summed E-state index contributed by atoms with van der Waals surface area (Å²) in [6.07, 6.45) is 3.38. The van der Waals surface area contributed by atoms with Crippen LogP contribution in [-0.4, -0.2) is 22.6 Å². The molecule has 6 nitrogen and oxygen atoms in total. The average Bonchev–Trinajstić information content (AvgIpc) is 3.05. The van der Waals surface area contributed by atoms with Crippen molar-refractivity contribution in [2.45, 2.75) is 19.8 Å². The van der Waals surface area contributed by atoms with Crippen LogP contribution in [-0.2, 0) is 6.42 Å². The second kappa shape index (κ2) is 8.10.